The van der Waals surface area contributed by atoms with Gasteiger partial charge in [0, 0.05) is 17.2 Å². The van der Waals surface area contributed by atoms with Crippen LogP contribution in [-0.4, -0.2) is 26.0 Å². The van der Waals surface area contributed by atoms with E-state index in [1.165, 1.54) is 18.3 Å². The molecule has 7 nitrogen and oxygen atoms in total. The normalized spacial score (nSPS) is 10.9. The van der Waals surface area contributed by atoms with Crippen LogP contribution in [0.25, 0.3) is 11.1 Å². The lowest BCUT2D eigenvalue weighted by atomic mass is 10.0. The number of phenols is 1. The second kappa shape index (κ2) is 9.14. The number of carbonyl (C=O) groups excluding carboxylic acids is 1. The lowest BCUT2D eigenvalue weighted by molar-refractivity contribution is 0.103. The van der Waals surface area contributed by atoms with E-state index in [0.717, 1.165) is 23.0 Å². The topological polar surface area (TPSA) is 100 Å². The van der Waals surface area contributed by atoms with Crippen molar-refractivity contribution in [1.29, 1.82) is 0 Å². The SMILES string of the molecule is Cc1ccc(O)c(C)c1NC(=O)c1cnc(Nc2nc(C)c(-c3cc(F)cc(F)c3)c(C)n2)s1. The summed E-state index contributed by atoms with van der Waals surface area (Å²) in [6.45, 7) is 7.00. The number of amides is 1. The number of anilines is 3. The smallest absolute Gasteiger partial charge is 0.267 e. The summed E-state index contributed by atoms with van der Waals surface area (Å²) in [4.78, 5) is 26.1. The molecule has 0 aliphatic heterocycles. The molecular weight excluding hydrogens is 460 g/mol. The second-order valence-electron chi connectivity index (χ2n) is 7.76. The number of aromatic hydroxyl groups is 1. The number of aryl methyl sites for hydroxylation is 3. The first-order chi connectivity index (χ1) is 16.1. The van der Waals surface area contributed by atoms with E-state index in [0.29, 0.717) is 43.8 Å². The third kappa shape index (κ3) is 4.72. The molecule has 0 spiro atoms. The summed E-state index contributed by atoms with van der Waals surface area (Å²) < 4.78 is 27.3. The highest BCUT2D eigenvalue weighted by atomic mass is 32.1. The van der Waals surface area contributed by atoms with Gasteiger partial charge in [0.15, 0.2) is 5.13 Å². The number of rotatable bonds is 5. The maximum absolute atomic E-state index is 13.7. The molecule has 0 saturated carbocycles. The number of phenolic OH excluding ortho intramolecular Hbond substituents is 1. The Balaban J connectivity index is 1.54. The monoisotopic (exact) mass is 481 g/mol. The Labute approximate surface area is 198 Å². The predicted molar refractivity (Wildman–Crippen MR) is 128 cm³/mol. The van der Waals surface area contributed by atoms with Crippen LogP contribution in [0.2, 0.25) is 0 Å². The minimum absolute atomic E-state index is 0.0971. The summed E-state index contributed by atoms with van der Waals surface area (Å²) in [5.74, 6) is -1.38. The van der Waals surface area contributed by atoms with Crippen molar-refractivity contribution in [2.24, 2.45) is 0 Å². The number of hydrogen-bond acceptors (Lipinski definition) is 7. The van der Waals surface area contributed by atoms with Crippen molar-refractivity contribution in [3.63, 3.8) is 0 Å². The van der Waals surface area contributed by atoms with Crippen LogP contribution in [0.1, 0.15) is 32.2 Å². The Morgan fingerprint density at radius 1 is 1.00 bits per heavy atom. The molecule has 2 aromatic carbocycles. The molecule has 0 saturated heterocycles. The Morgan fingerprint density at radius 2 is 1.65 bits per heavy atom. The van der Waals surface area contributed by atoms with Crippen LogP contribution in [0.4, 0.5) is 25.5 Å². The molecule has 0 radical (unpaired) electrons. The van der Waals surface area contributed by atoms with Crippen molar-refractivity contribution >= 4 is 34.0 Å². The maximum Gasteiger partial charge on any atom is 0.267 e. The number of aromatic nitrogens is 3. The van der Waals surface area contributed by atoms with Gasteiger partial charge in [0.25, 0.3) is 5.91 Å². The third-order valence-electron chi connectivity index (χ3n) is 5.25. The van der Waals surface area contributed by atoms with Crippen molar-refractivity contribution in [2.45, 2.75) is 27.7 Å². The summed E-state index contributed by atoms with van der Waals surface area (Å²) in [5, 5.41) is 16.1. The van der Waals surface area contributed by atoms with E-state index in [2.05, 4.69) is 25.6 Å². The van der Waals surface area contributed by atoms with Gasteiger partial charge in [-0.1, -0.05) is 17.4 Å². The Kier molecular flexibility index (Phi) is 6.25. The van der Waals surface area contributed by atoms with Gasteiger partial charge in [0.05, 0.1) is 23.3 Å². The third-order valence-corrected chi connectivity index (χ3v) is 6.17. The first kappa shape index (κ1) is 23.2. The number of benzene rings is 2. The molecule has 3 N–H and O–H groups in total. The fraction of sp³-hybridized carbons (Fsp3) is 0.167. The van der Waals surface area contributed by atoms with Crippen LogP contribution in [0.15, 0.2) is 36.5 Å². The Hall–Kier alpha value is -3.92. The van der Waals surface area contributed by atoms with Gasteiger partial charge >= 0.3 is 0 Å². The first-order valence-electron chi connectivity index (χ1n) is 10.3. The molecule has 34 heavy (non-hydrogen) atoms. The average molecular weight is 482 g/mol. The molecule has 2 heterocycles. The standard InChI is InChI=1S/C24H21F2N5O2S/c1-11-5-6-18(32)12(2)21(11)30-22(33)19-10-27-24(34-19)31-23-28-13(3)20(14(4)29-23)15-7-16(25)9-17(26)8-15/h5-10,32H,1-4H3,(H,30,33)(H,27,28,29,31). The largest absolute Gasteiger partial charge is 0.508 e. The zero-order valence-corrected chi connectivity index (χ0v) is 19.6. The van der Waals surface area contributed by atoms with E-state index in [4.69, 9.17) is 0 Å². The van der Waals surface area contributed by atoms with Crippen LogP contribution in [0.3, 0.4) is 0 Å². The van der Waals surface area contributed by atoms with E-state index in [9.17, 15) is 18.7 Å². The summed E-state index contributed by atoms with van der Waals surface area (Å²) in [6, 6.07) is 6.58. The number of nitrogens with zero attached hydrogens (tertiary/aromatic N) is 3. The van der Waals surface area contributed by atoms with E-state index in [1.54, 1.807) is 32.9 Å². The van der Waals surface area contributed by atoms with Crippen molar-refractivity contribution < 1.29 is 18.7 Å². The van der Waals surface area contributed by atoms with Gasteiger partial charge in [-0.15, -0.1) is 0 Å². The zero-order valence-electron chi connectivity index (χ0n) is 18.8. The van der Waals surface area contributed by atoms with Crippen LogP contribution in [0, 0.1) is 39.3 Å². The molecule has 174 valence electrons. The molecule has 0 aliphatic rings. The number of hydrogen-bond donors (Lipinski definition) is 3. The van der Waals surface area contributed by atoms with E-state index < -0.39 is 11.6 Å². The van der Waals surface area contributed by atoms with Crippen molar-refractivity contribution in [2.75, 3.05) is 10.6 Å². The number of nitrogens with one attached hydrogen (secondary N) is 2. The highest BCUT2D eigenvalue weighted by molar-refractivity contribution is 7.17. The lowest BCUT2D eigenvalue weighted by Crippen LogP contribution is -2.12. The summed E-state index contributed by atoms with van der Waals surface area (Å²) in [6.07, 6.45) is 1.43. The number of carbonyl (C=O) groups is 1. The number of thiazole rings is 1. The van der Waals surface area contributed by atoms with Crippen LogP contribution < -0.4 is 10.6 Å². The molecule has 4 rings (SSSR count). The lowest BCUT2D eigenvalue weighted by Gasteiger charge is -2.12. The van der Waals surface area contributed by atoms with Gasteiger partial charge in [-0.3, -0.25) is 4.79 Å². The van der Waals surface area contributed by atoms with Gasteiger partial charge in [0.2, 0.25) is 5.95 Å². The molecule has 10 heteroatoms. The van der Waals surface area contributed by atoms with E-state index in [1.807, 2.05) is 6.92 Å². The molecule has 0 aliphatic carbocycles. The average Bonchev–Trinajstić information content (AvgIpc) is 3.21. The molecule has 0 atom stereocenters. The molecule has 0 bridgehead atoms. The predicted octanol–water partition coefficient (Wildman–Crippen LogP) is 5.81. The molecule has 4 aromatic rings. The van der Waals surface area contributed by atoms with Gasteiger partial charge in [-0.2, -0.15) is 0 Å². The fourth-order valence-electron chi connectivity index (χ4n) is 3.62. The zero-order chi connectivity index (χ0) is 24.6. The maximum atomic E-state index is 13.7. The van der Waals surface area contributed by atoms with Crippen molar-refractivity contribution in [1.82, 2.24) is 15.0 Å². The van der Waals surface area contributed by atoms with Crippen LogP contribution in [-0.2, 0) is 0 Å². The summed E-state index contributed by atoms with van der Waals surface area (Å²) in [7, 11) is 0. The van der Waals surface area contributed by atoms with Crippen LogP contribution >= 0.6 is 11.3 Å². The van der Waals surface area contributed by atoms with Crippen molar-refractivity contribution in [3.8, 4) is 16.9 Å². The van der Waals surface area contributed by atoms with Gasteiger partial charge in [0.1, 0.15) is 22.3 Å². The highest BCUT2D eigenvalue weighted by Gasteiger charge is 2.17. The first-order valence-corrected chi connectivity index (χ1v) is 11.1. The fourth-order valence-corrected chi connectivity index (χ4v) is 4.33. The van der Waals surface area contributed by atoms with Crippen LogP contribution in [0.5, 0.6) is 5.75 Å². The molecule has 0 fully saturated rings. The quantitative estimate of drug-likeness (QED) is 0.332. The van der Waals surface area contributed by atoms with Crippen molar-refractivity contribution in [3.05, 3.63) is 75.6 Å². The molecule has 1 amide bonds. The molecule has 2 aromatic heterocycles. The van der Waals surface area contributed by atoms with E-state index in [-0.39, 0.29) is 17.6 Å². The minimum atomic E-state index is -0.680. The van der Waals surface area contributed by atoms with E-state index >= 15 is 0 Å². The summed E-state index contributed by atoms with van der Waals surface area (Å²) >= 11 is 1.11. The second-order valence-corrected chi connectivity index (χ2v) is 8.79. The van der Waals surface area contributed by atoms with Gasteiger partial charge in [-0.05, 0) is 57.0 Å². The van der Waals surface area contributed by atoms with Gasteiger partial charge in [-0.25, -0.2) is 23.7 Å². The Morgan fingerprint density at radius 3 is 2.29 bits per heavy atom. The Bertz CT molecular complexity index is 1380. The van der Waals surface area contributed by atoms with Gasteiger partial charge < -0.3 is 15.7 Å². The number of halogens is 2. The molecule has 0 unspecified atom stereocenters. The summed E-state index contributed by atoms with van der Waals surface area (Å²) in [5.41, 5.74) is 3.91. The minimum Gasteiger partial charge on any atom is -0.508 e. The molecular formula is C24H21F2N5O2S. The highest BCUT2D eigenvalue weighted by Crippen LogP contribution is 2.31.